The molecule has 2 aliphatic rings. The Bertz CT molecular complexity index is 1010. The molecule has 0 aromatic heterocycles. The predicted octanol–water partition coefficient (Wildman–Crippen LogP) is 4.49. The first-order chi connectivity index (χ1) is 15.9. The van der Waals surface area contributed by atoms with Gasteiger partial charge in [-0.25, -0.2) is 9.18 Å². The molecule has 174 valence electrons. The van der Waals surface area contributed by atoms with Crippen molar-refractivity contribution in [3.05, 3.63) is 83.2 Å². The Kier molecular flexibility index (Phi) is 6.94. The number of likely N-dealkylation sites (tertiary alicyclic amines) is 1. The zero-order valence-electron chi connectivity index (χ0n) is 18.6. The van der Waals surface area contributed by atoms with Crippen molar-refractivity contribution in [1.82, 2.24) is 4.90 Å². The minimum absolute atomic E-state index is 0.0721. The van der Waals surface area contributed by atoms with Gasteiger partial charge in [0, 0.05) is 18.4 Å². The summed E-state index contributed by atoms with van der Waals surface area (Å²) in [6.45, 7) is 0.541. The fourth-order valence-electron chi connectivity index (χ4n) is 5.27. The lowest BCUT2D eigenvalue weighted by Crippen LogP contribution is -2.37. The Morgan fingerprint density at radius 1 is 1.12 bits per heavy atom. The van der Waals surface area contributed by atoms with Gasteiger partial charge in [0.05, 0.1) is 17.7 Å². The molecule has 2 aromatic carbocycles. The topological polar surface area (TPSA) is 77.8 Å². The van der Waals surface area contributed by atoms with Gasteiger partial charge in [-0.3, -0.25) is 4.79 Å². The number of carboxylic acids is 1. The van der Waals surface area contributed by atoms with E-state index >= 15 is 0 Å². The summed E-state index contributed by atoms with van der Waals surface area (Å²) in [4.78, 5) is 25.3. The number of aromatic carboxylic acids is 1. The molecule has 4 rings (SSSR count). The van der Waals surface area contributed by atoms with Crippen LogP contribution in [-0.2, 0) is 16.6 Å². The highest BCUT2D eigenvalue weighted by Crippen LogP contribution is 2.44. The summed E-state index contributed by atoms with van der Waals surface area (Å²) in [5, 5.41) is 20.2. The van der Waals surface area contributed by atoms with Crippen LogP contribution in [0.2, 0.25) is 0 Å². The molecule has 1 aliphatic heterocycles. The third kappa shape index (κ3) is 5.01. The van der Waals surface area contributed by atoms with E-state index in [0.29, 0.717) is 25.8 Å². The number of amides is 1. The van der Waals surface area contributed by atoms with Crippen molar-refractivity contribution in [3.8, 4) is 0 Å². The van der Waals surface area contributed by atoms with Crippen molar-refractivity contribution in [2.75, 3.05) is 6.54 Å². The van der Waals surface area contributed by atoms with Crippen LogP contribution in [0.25, 0.3) is 0 Å². The van der Waals surface area contributed by atoms with Gasteiger partial charge in [-0.05, 0) is 61.1 Å². The molecule has 0 bridgehead atoms. The highest BCUT2D eigenvalue weighted by Gasteiger charge is 2.41. The number of halogens is 1. The van der Waals surface area contributed by atoms with Crippen molar-refractivity contribution in [3.63, 3.8) is 0 Å². The molecule has 0 radical (unpaired) electrons. The summed E-state index contributed by atoms with van der Waals surface area (Å²) >= 11 is 0. The first-order valence-electron chi connectivity index (χ1n) is 11.6. The number of aliphatic hydroxyl groups is 1. The second-order valence-corrected chi connectivity index (χ2v) is 9.15. The molecule has 2 unspecified atom stereocenters. The Labute approximate surface area is 193 Å². The van der Waals surface area contributed by atoms with Gasteiger partial charge >= 0.3 is 5.97 Å². The molecule has 1 heterocycles. The fraction of sp³-hybridized carbons (Fsp3) is 0.407. The molecule has 5 nitrogen and oxygen atoms in total. The number of carbonyl (C=O) groups excluding carboxylic acids is 1. The van der Waals surface area contributed by atoms with Gasteiger partial charge in [0.25, 0.3) is 0 Å². The summed E-state index contributed by atoms with van der Waals surface area (Å²) in [5.74, 6) is -1.15. The maximum Gasteiger partial charge on any atom is 0.335 e. The van der Waals surface area contributed by atoms with E-state index in [9.17, 15) is 19.1 Å². The van der Waals surface area contributed by atoms with Crippen LogP contribution in [0.15, 0.2) is 60.7 Å². The number of carbonyl (C=O) groups is 2. The van der Waals surface area contributed by atoms with Crippen LogP contribution in [0.3, 0.4) is 0 Å². The van der Waals surface area contributed by atoms with Gasteiger partial charge in [0.1, 0.15) is 5.82 Å². The zero-order valence-corrected chi connectivity index (χ0v) is 18.6. The first-order valence-corrected chi connectivity index (χ1v) is 11.6. The largest absolute Gasteiger partial charge is 0.478 e. The van der Waals surface area contributed by atoms with Crippen molar-refractivity contribution in [1.29, 1.82) is 0 Å². The molecule has 2 atom stereocenters. The number of benzene rings is 2. The van der Waals surface area contributed by atoms with Crippen LogP contribution in [-0.4, -0.2) is 45.7 Å². The maximum absolute atomic E-state index is 13.4. The summed E-state index contributed by atoms with van der Waals surface area (Å²) in [6, 6.07) is 13.1. The lowest BCUT2D eigenvalue weighted by molar-refractivity contribution is -0.128. The molecule has 33 heavy (non-hydrogen) atoms. The lowest BCUT2D eigenvalue weighted by Gasteiger charge is -2.34. The molecule has 1 saturated carbocycles. The number of hydrogen-bond acceptors (Lipinski definition) is 3. The fourth-order valence-corrected chi connectivity index (χ4v) is 5.27. The predicted molar refractivity (Wildman–Crippen MR) is 124 cm³/mol. The van der Waals surface area contributed by atoms with Crippen LogP contribution in [0.5, 0.6) is 0 Å². The quantitative estimate of drug-likeness (QED) is 0.580. The van der Waals surface area contributed by atoms with Crippen molar-refractivity contribution < 1.29 is 24.2 Å². The van der Waals surface area contributed by atoms with Crippen molar-refractivity contribution in [2.45, 2.75) is 62.5 Å². The third-order valence-electron chi connectivity index (χ3n) is 7.21. The summed E-state index contributed by atoms with van der Waals surface area (Å²) in [5.41, 5.74) is 1.77. The van der Waals surface area contributed by atoms with E-state index in [1.165, 1.54) is 12.1 Å². The van der Waals surface area contributed by atoms with Gasteiger partial charge in [0.15, 0.2) is 0 Å². The van der Waals surface area contributed by atoms with Crippen molar-refractivity contribution >= 4 is 11.9 Å². The zero-order chi connectivity index (χ0) is 23.4. The van der Waals surface area contributed by atoms with Crippen LogP contribution < -0.4 is 0 Å². The molecule has 6 heteroatoms. The van der Waals surface area contributed by atoms with Gasteiger partial charge < -0.3 is 15.1 Å². The summed E-state index contributed by atoms with van der Waals surface area (Å²) in [6.07, 6.45) is 8.65. The normalized spacial score (nSPS) is 21.1. The molecule has 1 aliphatic carbocycles. The Hall–Kier alpha value is -2.99. The Morgan fingerprint density at radius 3 is 2.42 bits per heavy atom. The van der Waals surface area contributed by atoms with E-state index in [1.807, 2.05) is 17.1 Å². The number of carboxylic acid groups (broad SMARTS) is 1. The Morgan fingerprint density at radius 2 is 1.79 bits per heavy atom. The lowest BCUT2D eigenvalue weighted by atomic mass is 9.74. The molecular weight excluding hydrogens is 421 g/mol. The Balaban J connectivity index is 1.43. The molecule has 1 saturated heterocycles. The SMILES string of the molecule is O=C(O)c1ccc(CCN2C(=O)CCC2/C=C/C(O)C2(c3ccc(F)cc3)CCCC2)cc1. The number of nitrogens with zero attached hydrogens (tertiary/aromatic N) is 1. The van der Waals surface area contributed by atoms with E-state index in [4.69, 9.17) is 5.11 Å². The van der Waals surface area contributed by atoms with Crippen LogP contribution in [0.4, 0.5) is 4.39 Å². The molecule has 2 fully saturated rings. The van der Waals surface area contributed by atoms with Crippen LogP contribution in [0.1, 0.15) is 60.0 Å². The maximum atomic E-state index is 13.4. The van der Waals surface area contributed by atoms with Gasteiger partial charge in [-0.2, -0.15) is 0 Å². The summed E-state index contributed by atoms with van der Waals surface area (Å²) < 4.78 is 13.4. The molecular formula is C27H30FNO4. The standard InChI is InChI=1S/C27H30FNO4/c28-22-9-7-21(8-10-22)27(16-1-2-17-27)24(30)13-11-23-12-14-25(31)29(23)18-15-19-3-5-20(6-4-19)26(32)33/h3-11,13,23-24,30H,1-2,12,14-18H2,(H,32,33)/b13-11+. The van der Waals surface area contributed by atoms with Crippen LogP contribution >= 0.6 is 0 Å². The smallest absolute Gasteiger partial charge is 0.335 e. The molecule has 2 N–H and O–H groups in total. The summed E-state index contributed by atoms with van der Waals surface area (Å²) in [7, 11) is 0. The van der Waals surface area contributed by atoms with E-state index < -0.39 is 17.5 Å². The first kappa shape index (κ1) is 23.2. The van der Waals surface area contributed by atoms with Gasteiger partial charge in [-0.1, -0.05) is 49.3 Å². The van der Waals surface area contributed by atoms with Gasteiger partial charge in [0.2, 0.25) is 5.91 Å². The minimum Gasteiger partial charge on any atom is -0.478 e. The average molecular weight is 452 g/mol. The molecule has 2 aromatic rings. The average Bonchev–Trinajstić information content (AvgIpc) is 3.44. The van der Waals surface area contributed by atoms with Crippen LogP contribution in [0, 0.1) is 5.82 Å². The number of hydrogen-bond donors (Lipinski definition) is 2. The second-order valence-electron chi connectivity index (χ2n) is 9.15. The molecule has 0 spiro atoms. The number of rotatable bonds is 8. The van der Waals surface area contributed by atoms with E-state index in [-0.39, 0.29) is 23.3 Å². The third-order valence-corrected chi connectivity index (χ3v) is 7.21. The van der Waals surface area contributed by atoms with Gasteiger partial charge in [-0.15, -0.1) is 0 Å². The van der Waals surface area contributed by atoms with E-state index in [1.54, 1.807) is 36.4 Å². The minimum atomic E-state index is -0.958. The van der Waals surface area contributed by atoms with Crippen molar-refractivity contribution in [2.24, 2.45) is 0 Å². The van der Waals surface area contributed by atoms with E-state index in [2.05, 4.69) is 0 Å². The monoisotopic (exact) mass is 451 g/mol. The second kappa shape index (κ2) is 9.87. The molecule has 1 amide bonds. The number of aliphatic hydroxyl groups excluding tert-OH is 1. The highest BCUT2D eigenvalue weighted by molar-refractivity contribution is 5.87. The van der Waals surface area contributed by atoms with E-state index in [0.717, 1.165) is 36.8 Å². The highest BCUT2D eigenvalue weighted by atomic mass is 19.1.